The zero-order valence-electron chi connectivity index (χ0n) is 10.6. The summed E-state index contributed by atoms with van der Waals surface area (Å²) in [5.41, 5.74) is 6.68. The number of carbonyl (C=O) groups excluding carboxylic acids is 1. The number of halogens is 1. The molecule has 0 aliphatic carbocycles. The number of carbonyl (C=O) groups is 1. The van der Waals surface area contributed by atoms with E-state index in [1.54, 1.807) is 18.0 Å². The number of nitrogens with two attached hydrogens (primary N) is 1. The van der Waals surface area contributed by atoms with Gasteiger partial charge in [0, 0.05) is 18.5 Å². The average molecular weight is 265 g/mol. The monoisotopic (exact) mass is 264 g/mol. The van der Waals surface area contributed by atoms with E-state index < -0.39 is 6.04 Å². The lowest BCUT2D eigenvalue weighted by molar-refractivity contribution is -0.133. The second-order valence-electron chi connectivity index (χ2n) is 4.19. The van der Waals surface area contributed by atoms with Crippen molar-refractivity contribution in [2.45, 2.75) is 25.4 Å². The molecule has 0 bridgehead atoms. The van der Waals surface area contributed by atoms with E-state index in [2.05, 4.69) is 5.92 Å². The van der Waals surface area contributed by atoms with Crippen LogP contribution in [0, 0.1) is 12.3 Å². The topological polar surface area (TPSA) is 46.3 Å². The molecule has 0 fully saturated rings. The van der Waals surface area contributed by atoms with Crippen molar-refractivity contribution in [3.63, 3.8) is 0 Å². The van der Waals surface area contributed by atoms with E-state index in [1.807, 2.05) is 25.1 Å². The summed E-state index contributed by atoms with van der Waals surface area (Å²) in [6.07, 6.45) is 5.40. The highest BCUT2D eigenvalue weighted by Crippen LogP contribution is 2.22. The summed E-state index contributed by atoms with van der Waals surface area (Å²) < 4.78 is 0. The predicted octanol–water partition coefficient (Wildman–Crippen LogP) is 2.21. The van der Waals surface area contributed by atoms with E-state index in [1.165, 1.54) is 0 Å². The molecule has 1 rings (SSSR count). The maximum Gasteiger partial charge on any atom is 0.240 e. The lowest BCUT2D eigenvalue weighted by atomic mass is 10.1. The number of benzene rings is 1. The molecule has 18 heavy (non-hydrogen) atoms. The summed E-state index contributed by atoms with van der Waals surface area (Å²) in [7, 11) is 1.71. The Morgan fingerprint density at radius 1 is 1.61 bits per heavy atom. The maximum atomic E-state index is 12.0. The van der Waals surface area contributed by atoms with E-state index in [-0.39, 0.29) is 18.4 Å². The molecule has 0 saturated heterocycles. The van der Waals surface area contributed by atoms with Gasteiger partial charge in [0.25, 0.3) is 0 Å². The van der Waals surface area contributed by atoms with Crippen molar-refractivity contribution < 1.29 is 4.79 Å². The fraction of sp³-hybridized carbons (Fsp3) is 0.357. The molecule has 0 spiro atoms. The fourth-order valence-electron chi connectivity index (χ4n) is 1.66. The third-order valence-corrected chi connectivity index (χ3v) is 3.15. The van der Waals surface area contributed by atoms with Gasteiger partial charge in [0.15, 0.2) is 0 Å². The van der Waals surface area contributed by atoms with Gasteiger partial charge in [-0.25, -0.2) is 0 Å². The van der Waals surface area contributed by atoms with Gasteiger partial charge in [0.1, 0.15) is 0 Å². The van der Waals surface area contributed by atoms with Crippen LogP contribution in [0.3, 0.4) is 0 Å². The number of hydrogen-bond donors (Lipinski definition) is 1. The number of nitrogens with zero attached hydrogens (tertiary/aromatic N) is 1. The van der Waals surface area contributed by atoms with Crippen LogP contribution < -0.4 is 5.73 Å². The Morgan fingerprint density at radius 3 is 2.83 bits per heavy atom. The van der Waals surface area contributed by atoms with Crippen LogP contribution in [0.5, 0.6) is 0 Å². The Hall–Kier alpha value is -1.50. The van der Waals surface area contributed by atoms with E-state index in [0.717, 1.165) is 5.56 Å². The second kappa shape index (κ2) is 6.44. The number of terminal acetylenes is 1. The first-order valence-electron chi connectivity index (χ1n) is 5.68. The van der Waals surface area contributed by atoms with Crippen LogP contribution in [0.2, 0.25) is 5.02 Å². The van der Waals surface area contributed by atoms with Crippen molar-refractivity contribution in [3.05, 3.63) is 34.9 Å². The van der Waals surface area contributed by atoms with Crippen molar-refractivity contribution in [1.29, 1.82) is 0 Å². The van der Waals surface area contributed by atoms with Crippen LogP contribution in [0.25, 0.3) is 0 Å². The Bertz CT molecular complexity index is 467. The van der Waals surface area contributed by atoms with Gasteiger partial charge in [-0.1, -0.05) is 23.7 Å². The van der Waals surface area contributed by atoms with Gasteiger partial charge >= 0.3 is 0 Å². The Labute approximate surface area is 113 Å². The van der Waals surface area contributed by atoms with Crippen LogP contribution in [-0.4, -0.2) is 23.9 Å². The Balaban J connectivity index is 2.81. The molecule has 3 nitrogen and oxygen atoms in total. The molecule has 4 heteroatoms. The normalized spacial score (nSPS) is 13.5. The minimum Gasteiger partial charge on any atom is -0.338 e. The van der Waals surface area contributed by atoms with Crippen molar-refractivity contribution >= 4 is 17.5 Å². The summed E-state index contributed by atoms with van der Waals surface area (Å²) in [5, 5.41) is 0.646. The number of likely N-dealkylation sites (N-methyl/N-ethyl adjacent to an activating group) is 1. The van der Waals surface area contributed by atoms with Gasteiger partial charge in [-0.15, -0.1) is 12.3 Å². The van der Waals surface area contributed by atoms with Gasteiger partial charge in [-0.05, 0) is 24.6 Å². The molecule has 0 aliphatic heterocycles. The third kappa shape index (κ3) is 3.49. The molecular formula is C14H17ClN2O. The highest BCUT2D eigenvalue weighted by molar-refractivity contribution is 6.30. The number of rotatable bonds is 4. The number of amides is 1. The zero-order valence-corrected chi connectivity index (χ0v) is 11.3. The summed E-state index contributed by atoms with van der Waals surface area (Å²) in [5.74, 6) is 2.23. The van der Waals surface area contributed by atoms with E-state index in [9.17, 15) is 4.79 Å². The van der Waals surface area contributed by atoms with Crippen LogP contribution in [0.1, 0.15) is 24.9 Å². The van der Waals surface area contributed by atoms with E-state index in [4.69, 9.17) is 23.8 Å². The molecule has 0 saturated carbocycles. The highest BCUT2D eigenvalue weighted by Gasteiger charge is 2.22. The first-order valence-corrected chi connectivity index (χ1v) is 6.06. The first-order chi connectivity index (χ1) is 8.47. The van der Waals surface area contributed by atoms with Gasteiger partial charge in [-0.3, -0.25) is 4.79 Å². The van der Waals surface area contributed by atoms with Crippen LogP contribution in [-0.2, 0) is 4.79 Å². The molecule has 2 unspecified atom stereocenters. The fourth-order valence-corrected chi connectivity index (χ4v) is 1.86. The number of hydrogen-bond acceptors (Lipinski definition) is 2. The Kier molecular flexibility index (Phi) is 5.21. The summed E-state index contributed by atoms with van der Waals surface area (Å²) in [6.45, 7) is 1.92. The van der Waals surface area contributed by atoms with Crippen molar-refractivity contribution in [2.24, 2.45) is 5.73 Å². The van der Waals surface area contributed by atoms with E-state index in [0.29, 0.717) is 5.02 Å². The smallest absolute Gasteiger partial charge is 0.240 e. The molecular weight excluding hydrogens is 248 g/mol. The third-order valence-electron chi connectivity index (χ3n) is 2.91. The lowest BCUT2D eigenvalue weighted by Gasteiger charge is -2.27. The molecule has 1 aromatic rings. The minimum absolute atomic E-state index is 0.0972. The van der Waals surface area contributed by atoms with Crippen LogP contribution in [0.15, 0.2) is 24.3 Å². The minimum atomic E-state index is -0.651. The second-order valence-corrected chi connectivity index (χ2v) is 4.63. The summed E-state index contributed by atoms with van der Waals surface area (Å²) >= 11 is 5.93. The van der Waals surface area contributed by atoms with Crippen molar-refractivity contribution in [2.75, 3.05) is 7.05 Å². The highest BCUT2D eigenvalue weighted by atomic mass is 35.5. The van der Waals surface area contributed by atoms with Gasteiger partial charge in [0.2, 0.25) is 5.91 Å². The zero-order chi connectivity index (χ0) is 13.7. The van der Waals surface area contributed by atoms with E-state index >= 15 is 0 Å². The molecule has 2 atom stereocenters. The van der Waals surface area contributed by atoms with Crippen LogP contribution >= 0.6 is 11.6 Å². The average Bonchev–Trinajstić information content (AvgIpc) is 2.36. The quantitative estimate of drug-likeness (QED) is 0.848. The maximum absolute atomic E-state index is 12.0. The standard InChI is InChI=1S/C14H17ClN2O/c1-4-6-13(16)14(18)17(3)10(2)11-7-5-8-12(15)9-11/h1,5,7-10,13H,6,16H2,2-3H3. The molecule has 96 valence electrons. The molecule has 1 aromatic carbocycles. The molecule has 0 aliphatic rings. The first kappa shape index (κ1) is 14.6. The predicted molar refractivity (Wildman–Crippen MR) is 74.1 cm³/mol. The molecule has 0 radical (unpaired) electrons. The molecule has 1 amide bonds. The van der Waals surface area contributed by atoms with Crippen molar-refractivity contribution in [1.82, 2.24) is 4.90 Å². The van der Waals surface area contributed by atoms with Gasteiger partial charge < -0.3 is 10.6 Å². The van der Waals surface area contributed by atoms with Crippen LogP contribution in [0.4, 0.5) is 0 Å². The van der Waals surface area contributed by atoms with Crippen molar-refractivity contribution in [3.8, 4) is 12.3 Å². The Morgan fingerprint density at radius 2 is 2.28 bits per heavy atom. The van der Waals surface area contributed by atoms with Gasteiger partial charge in [0.05, 0.1) is 12.1 Å². The molecule has 2 N–H and O–H groups in total. The molecule has 0 heterocycles. The SMILES string of the molecule is C#CCC(N)C(=O)N(C)C(C)c1cccc(Cl)c1. The summed E-state index contributed by atoms with van der Waals surface area (Å²) in [6, 6.07) is 6.66. The summed E-state index contributed by atoms with van der Waals surface area (Å²) in [4.78, 5) is 13.6. The largest absolute Gasteiger partial charge is 0.338 e. The van der Waals surface area contributed by atoms with Gasteiger partial charge in [-0.2, -0.15) is 0 Å². The lowest BCUT2D eigenvalue weighted by Crippen LogP contribution is -2.42. The molecule has 0 aromatic heterocycles.